The molecule has 3 heteroatoms. The van der Waals surface area contributed by atoms with Crippen LogP contribution in [0.4, 0.5) is 4.39 Å². The summed E-state index contributed by atoms with van der Waals surface area (Å²) in [6, 6.07) is 2.87. The van der Waals surface area contributed by atoms with E-state index in [1.165, 1.54) is 6.07 Å². The van der Waals surface area contributed by atoms with Gasteiger partial charge in [-0.3, -0.25) is 0 Å². The van der Waals surface area contributed by atoms with Crippen LogP contribution < -0.4 is 5.73 Å². The highest BCUT2D eigenvalue weighted by atomic mass is 35.5. The van der Waals surface area contributed by atoms with E-state index >= 15 is 0 Å². The molecule has 1 aromatic carbocycles. The van der Waals surface area contributed by atoms with Crippen molar-refractivity contribution in [1.82, 2.24) is 0 Å². The highest BCUT2D eigenvalue weighted by molar-refractivity contribution is 6.31. The molecule has 13 heavy (non-hydrogen) atoms. The first-order chi connectivity index (χ1) is 6.15. The fourth-order valence-corrected chi connectivity index (χ4v) is 1.10. The average molecular weight is 198 g/mol. The van der Waals surface area contributed by atoms with E-state index in [0.29, 0.717) is 16.1 Å². The van der Waals surface area contributed by atoms with Crippen LogP contribution >= 0.6 is 11.6 Å². The van der Waals surface area contributed by atoms with Crippen molar-refractivity contribution in [2.45, 2.75) is 6.92 Å². The molecule has 0 aliphatic heterocycles. The molecule has 0 amide bonds. The molecule has 0 saturated heterocycles. The first kappa shape index (κ1) is 10.0. The Balaban J connectivity index is 3.16. The molecule has 0 aliphatic carbocycles. The van der Waals surface area contributed by atoms with Gasteiger partial charge in [0, 0.05) is 5.56 Å². The van der Waals surface area contributed by atoms with Gasteiger partial charge in [-0.05, 0) is 24.6 Å². The summed E-state index contributed by atoms with van der Waals surface area (Å²) in [4.78, 5) is 0. The van der Waals surface area contributed by atoms with E-state index in [2.05, 4.69) is 11.8 Å². The lowest BCUT2D eigenvalue weighted by atomic mass is 10.1. The standard InChI is InChI=1S/C10H9ClFN/c1-7-5-8(3-2-4-13)9(11)6-10(7)12/h5-6H,4,13H2,1H3. The largest absolute Gasteiger partial charge is 0.320 e. The van der Waals surface area contributed by atoms with Crippen molar-refractivity contribution >= 4 is 11.6 Å². The topological polar surface area (TPSA) is 26.0 Å². The summed E-state index contributed by atoms with van der Waals surface area (Å²) in [6.45, 7) is 1.94. The summed E-state index contributed by atoms with van der Waals surface area (Å²) < 4.78 is 12.9. The molecule has 0 aromatic heterocycles. The van der Waals surface area contributed by atoms with Gasteiger partial charge in [-0.25, -0.2) is 4.39 Å². The van der Waals surface area contributed by atoms with Gasteiger partial charge in [0.25, 0.3) is 0 Å². The van der Waals surface area contributed by atoms with E-state index in [1.807, 2.05) is 0 Å². The van der Waals surface area contributed by atoms with Gasteiger partial charge in [-0.1, -0.05) is 23.4 Å². The van der Waals surface area contributed by atoms with Gasteiger partial charge in [0.05, 0.1) is 11.6 Å². The van der Waals surface area contributed by atoms with Gasteiger partial charge in [0.15, 0.2) is 0 Å². The molecule has 0 unspecified atom stereocenters. The van der Waals surface area contributed by atoms with Crippen molar-refractivity contribution in [2.24, 2.45) is 5.73 Å². The number of nitrogens with two attached hydrogens (primary N) is 1. The SMILES string of the molecule is Cc1cc(C#CCN)c(Cl)cc1F. The predicted molar refractivity (Wildman–Crippen MR) is 52.1 cm³/mol. The quantitative estimate of drug-likeness (QED) is 0.634. The van der Waals surface area contributed by atoms with E-state index in [0.717, 1.165) is 0 Å². The number of hydrogen-bond acceptors (Lipinski definition) is 1. The Hall–Kier alpha value is -1.04. The van der Waals surface area contributed by atoms with Crippen molar-refractivity contribution in [3.8, 4) is 11.8 Å². The summed E-state index contributed by atoms with van der Waals surface area (Å²) in [5.41, 5.74) is 6.35. The second kappa shape index (κ2) is 4.27. The normalized spacial score (nSPS) is 9.23. The molecule has 0 spiro atoms. The average Bonchev–Trinajstić information content (AvgIpc) is 2.09. The number of benzene rings is 1. The van der Waals surface area contributed by atoms with E-state index < -0.39 is 0 Å². The van der Waals surface area contributed by atoms with E-state index in [9.17, 15) is 4.39 Å². The third-order valence-corrected chi connectivity index (χ3v) is 1.89. The molecular weight excluding hydrogens is 189 g/mol. The third-order valence-electron chi connectivity index (χ3n) is 1.57. The molecule has 0 aliphatic rings. The molecule has 1 nitrogen and oxygen atoms in total. The Kier molecular flexibility index (Phi) is 3.30. The first-order valence-electron chi connectivity index (χ1n) is 3.79. The minimum Gasteiger partial charge on any atom is -0.320 e. The smallest absolute Gasteiger partial charge is 0.127 e. The maximum absolute atomic E-state index is 12.9. The summed E-state index contributed by atoms with van der Waals surface area (Å²) in [6.07, 6.45) is 0. The number of aryl methyl sites for hydroxylation is 1. The van der Waals surface area contributed by atoms with Crippen LogP contribution in [0.2, 0.25) is 5.02 Å². The van der Waals surface area contributed by atoms with E-state index in [1.54, 1.807) is 13.0 Å². The van der Waals surface area contributed by atoms with Crippen LogP contribution in [0.1, 0.15) is 11.1 Å². The Bertz CT molecular complexity index is 376. The van der Waals surface area contributed by atoms with Crippen LogP contribution in [0.25, 0.3) is 0 Å². The molecule has 0 radical (unpaired) electrons. The highest BCUT2D eigenvalue weighted by Crippen LogP contribution is 2.19. The Labute approximate surface area is 81.7 Å². The van der Waals surface area contributed by atoms with Gasteiger partial charge < -0.3 is 5.73 Å². The van der Waals surface area contributed by atoms with Gasteiger partial charge in [0.1, 0.15) is 5.82 Å². The van der Waals surface area contributed by atoms with Crippen LogP contribution in [-0.4, -0.2) is 6.54 Å². The molecule has 0 bridgehead atoms. The molecule has 0 atom stereocenters. The van der Waals surface area contributed by atoms with Gasteiger partial charge in [-0.15, -0.1) is 0 Å². The minimum absolute atomic E-state index is 0.271. The molecule has 0 heterocycles. The summed E-state index contributed by atoms with van der Waals surface area (Å²) in [5, 5.41) is 0.323. The first-order valence-corrected chi connectivity index (χ1v) is 4.17. The third kappa shape index (κ3) is 2.45. The second-order valence-electron chi connectivity index (χ2n) is 2.59. The van der Waals surface area contributed by atoms with Crippen LogP contribution in [-0.2, 0) is 0 Å². The van der Waals surface area contributed by atoms with Crippen LogP contribution in [0.15, 0.2) is 12.1 Å². The van der Waals surface area contributed by atoms with Crippen LogP contribution in [0.5, 0.6) is 0 Å². The summed E-state index contributed by atoms with van der Waals surface area (Å²) >= 11 is 5.75. The Morgan fingerprint density at radius 2 is 2.23 bits per heavy atom. The van der Waals surface area contributed by atoms with Crippen molar-refractivity contribution in [1.29, 1.82) is 0 Å². The van der Waals surface area contributed by atoms with E-state index in [4.69, 9.17) is 17.3 Å². The van der Waals surface area contributed by atoms with Crippen molar-refractivity contribution in [2.75, 3.05) is 6.54 Å². The number of halogens is 2. The fraction of sp³-hybridized carbons (Fsp3) is 0.200. The highest BCUT2D eigenvalue weighted by Gasteiger charge is 2.02. The van der Waals surface area contributed by atoms with Crippen LogP contribution in [0.3, 0.4) is 0 Å². The van der Waals surface area contributed by atoms with E-state index in [-0.39, 0.29) is 12.4 Å². The monoisotopic (exact) mass is 197 g/mol. The zero-order chi connectivity index (χ0) is 9.84. The molecule has 68 valence electrons. The van der Waals surface area contributed by atoms with Crippen molar-refractivity contribution < 1.29 is 4.39 Å². The summed E-state index contributed by atoms with van der Waals surface area (Å²) in [7, 11) is 0. The summed E-state index contributed by atoms with van der Waals surface area (Å²) in [5.74, 6) is 5.11. The lowest BCUT2D eigenvalue weighted by molar-refractivity contribution is 0.618. The van der Waals surface area contributed by atoms with Crippen molar-refractivity contribution in [3.05, 3.63) is 34.1 Å². The molecule has 0 fully saturated rings. The fourth-order valence-electron chi connectivity index (χ4n) is 0.899. The predicted octanol–water partition coefficient (Wildman–Crippen LogP) is 2.10. The second-order valence-corrected chi connectivity index (χ2v) is 2.99. The van der Waals surface area contributed by atoms with Crippen molar-refractivity contribution in [3.63, 3.8) is 0 Å². The Morgan fingerprint density at radius 3 is 2.85 bits per heavy atom. The zero-order valence-corrected chi connectivity index (χ0v) is 7.95. The molecular formula is C10H9ClFN. The van der Waals surface area contributed by atoms with Crippen LogP contribution in [0, 0.1) is 24.6 Å². The molecule has 0 saturated carbocycles. The lowest BCUT2D eigenvalue weighted by Crippen LogP contribution is -1.93. The number of rotatable bonds is 0. The molecule has 1 aromatic rings. The zero-order valence-electron chi connectivity index (χ0n) is 7.20. The Morgan fingerprint density at radius 1 is 1.54 bits per heavy atom. The molecule has 2 N–H and O–H groups in total. The minimum atomic E-state index is -0.316. The molecule has 1 rings (SSSR count). The maximum Gasteiger partial charge on any atom is 0.127 e. The van der Waals surface area contributed by atoms with Gasteiger partial charge in [-0.2, -0.15) is 0 Å². The number of hydrogen-bond donors (Lipinski definition) is 1. The lowest BCUT2D eigenvalue weighted by Gasteiger charge is -1.99. The van der Waals surface area contributed by atoms with Gasteiger partial charge >= 0.3 is 0 Å². The van der Waals surface area contributed by atoms with Gasteiger partial charge in [0.2, 0.25) is 0 Å². The maximum atomic E-state index is 12.9.